The van der Waals surface area contributed by atoms with Crippen molar-refractivity contribution in [2.45, 2.75) is 11.3 Å². The number of aryl methyl sites for hydroxylation is 1. The number of H-pyrrole nitrogens is 1. The van der Waals surface area contributed by atoms with Crippen molar-refractivity contribution in [3.8, 4) is 22.9 Å². The molecule has 0 bridgehead atoms. The molecular formula is C25H18F2N8O3S. The molecule has 0 fully saturated rings. The minimum Gasteiger partial charge on any atom is -0.478 e. The molecule has 14 heteroatoms. The number of ether oxygens (including phenoxy) is 1. The van der Waals surface area contributed by atoms with E-state index in [-0.39, 0.29) is 17.1 Å². The predicted octanol–water partition coefficient (Wildman–Crippen LogP) is 4.90. The molecule has 0 radical (unpaired) electrons. The number of aromatic amines is 1. The van der Waals surface area contributed by atoms with Crippen LogP contribution in [0.1, 0.15) is 16.1 Å². The minimum atomic E-state index is -1.04. The Bertz CT molecular complexity index is 1590. The monoisotopic (exact) mass is 548 g/mol. The van der Waals surface area contributed by atoms with Crippen LogP contribution in [0.15, 0.2) is 72.0 Å². The number of benzene rings is 1. The van der Waals surface area contributed by atoms with Gasteiger partial charge in [-0.25, -0.2) is 23.5 Å². The summed E-state index contributed by atoms with van der Waals surface area (Å²) in [6.45, 7) is 0. The molecule has 0 saturated carbocycles. The number of carbonyl (C=O) groups is 1. The summed E-state index contributed by atoms with van der Waals surface area (Å²) in [5.41, 5.74) is 1.52. The second kappa shape index (κ2) is 11.6. The zero-order valence-corrected chi connectivity index (χ0v) is 20.7. The van der Waals surface area contributed by atoms with Crippen LogP contribution in [0.25, 0.3) is 11.4 Å². The average Bonchev–Trinajstić information content (AvgIpc) is 3.48. The molecule has 0 aliphatic heterocycles. The zero-order chi connectivity index (χ0) is 27.2. The number of thioether (sulfide) groups is 1. The van der Waals surface area contributed by atoms with E-state index in [0.717, 1.165) is 22.7 Å². The van der Waals surface area contributed by atoms with Crippen molar-refractivity contribution in [2.75, 3.05) is 11.1 Å². The Hall–Kier alpha value is -4.98. The third kappa shape index (κ3) is 6.48. The van der Waals surface area contributed by atoms with Crippen LogP contribution in [0, 0.1) is 11.6 Å². The van der Waals surface area contributed by atoms with E-state index >= 15 is 0 Å². The minimum absolute atomic E-state index is 0.0871. The number of pyridine rings is 3. The van der Waals surface area contributed by atoms with Crippen molar-refractivity contribution in [1.82, 2.24) is 35.6 Å². The molecule has 11 nitrogen and oxygen atoms in total. The normalized spacial score (nSPS) is 10.8. The largest absolute Gasteiger partial charge is 0.478 e. The number of rotatable bonds is 10. The molecule has 0 spiro atoms. The average molecular weight is 549 g/mol. The molecule has 0 atom stereocenters. The van der Waals surface area contributed by atoms with Gasteiger partial charge in [0.2, 0.25) is 5.82 Å². The Balaban J connectivity index is 1.33. The van der Waals surface area contributed by atoms with Crippen LogP contribution in [0.2, 0.25) is 0 Å². The Morgan fingerprint density at radius 1 is 1.00 bits per heavy atom. The van der Waals surface area contributed by atoms with Gasteiger partial charge in [0.25, 0.3) is 0 Å². The van der Waals surface area contributed by atoms with Crippen LogP contribution >= 0.6 is 11.8 Å². The summed E-state index contributed by atoms with van der Waals surface area (Å²) in [6.07, 6.45) is 5.10. The smallest absolute Gasteiger partial charge is 0.337 e. The van der Waals surface area contributed by atoms with Crippen LogP contribution < -0.4 is 10.1 Å². The van der Waals surface area contributed by atoms with Crippen molar-refractivity contribution >= 4 is 29.4 Å². The summed E-state index contributed by atoms with van der Waals surface area (Å²) in [5, 5.41) is 25.8. The molecule has 1 aromatic carbocycles. The highest BCUT2D eigenvalue weighted by Gasteiger charge is 2.13. The first kappa shape index (κ1) is 25.7. The lowest BCUT2D eigenvalue weighted by Crippen LogP contribution is -2.01. The number of carboxylic acid groups (broad SMARTS) is 1. The van der Waals surface area contributed by atoms with Gasteiger partial charge in [-0.3, -0.25) is 4.98 Å². The summed E-state index contributed by atoms with van der Waals surface area (Å²) >= 11 is 1.47. The van der Waals surface area contributed by atoms with Crippen LogP contribution in [-0.4, -0.2) is 52.4 Å². The number of carboxylic acids is 1. The van der Waals surface area contributed by atoms with Crippen LogP contribution in [0.4, 0.5) is 20.4 Å². The van der Waals surface area contributed by atoms with E-state index in [4.69, 9.17) is 9.84 Å². The summed E-state index contributed by atoms with van der Waals surface area (Å²) < 4.78 is 33.1. The second-order valence-corrected chi connectivity index (χ2v) is 9.10. The third-order valence-electron chi connectivity index (χ3n) is 5.26. The van der Waals surface area contributed by atoms with Gasteiger partial charge in [-0.1, -0.05) is 0 Å². The summed E-state index contributed by atoms with van der Waals surface area (Å²) in [7, 11) is 0. The first-order valence-electron chi connectivity index (χ1n) is 11.4. The molecule has 0 aliphatic carbocycles. The number of halogens is 2. The van der Waals surface area contributed by atoms with Crippen molar-refractivity contribution in [3.05, 3.63) is 90.0 Å². The maximum absolute atomic E-state index is 13.8. The molecule has 0 saturated heterocycles. The van der Waals surface area contributed by atoms with Gasteiger partial charge in [0.15, 0.2) is 23.2 Å². The number of hydrogen-bond donors (Lipinski definition) is 3. The fourth-order valence-electron chi connectivity index (χ4n) is 3.32. The van der Waals surface area contributed by atoms with E-state index in [0.29, 0.717) is 35.2 Å². The molecular weight excluding hydrogens is 530 g/mol. The molecule has 196 valence electrons. The van der Waals surface area contributed by atoms with Gasteiger partial charge in [-0.05, 0) is 54.1 Å². The van der Waals surface area contributed by atoms with Gasteiger partial charge in [-0.15, -0.1) is 22.0 Å². The fourth-order valence-corrected chi connectivity index (χ4v) is 4.19. The maximum Gasteiger partial charge on any atom is 0.337 e. The standard InChI is InChI=1S/C25H18F2N8O3S/c26-19-5-4-17(9-20(19)27)38-21-10-18(39-8-7-16-3-1-15(12-28-16)25(36)37)13-30-24(21)31-22-6-2-14(11-29-22)23-32-34-35-33-23/h1-6,9-13H,7-8H2,(H,36,37)(H,29,30,31)(H,32,33,34,35). The Morgan fingerprint density at radius 2 is 1.90 bits per heavy atom. The number of hydrogen-bond acceptors (Lipinski definition) is 10. The van der Waals surface area contributed by atoms with Crippen LogP contribution in [0.5, 0.6) is 11.5 Å². The van der Waals surface area contributed by atoms with E-state index in [1.165, 1.54) is 30.1 Å². The summed E-state index contributed by atoms with van der Waals surface area (Å²) in [6, 6.07) is 11.6. The molecule has 0 amide bonds. The number of tetrazole rings is 1. The summed E-state index contributed by atoms with van der Waals surface area (Å²) in [5.74, 6) is -0.949. The first-order valence-corrected chi connectivity index (χ1v) is 12.3. The van der Waals surface area contributed by atoms with Crippen LogP contribution in [0.3, 0.4) is 0 Å². The topological polar surface area (TPSA) is 152 Å². The highest BCUT2D eigenvalue weighted by Crippen LogP contribution is 2.34. The van der Waals surface area contributed by atoms with Gasteiger partial charge in [0.05, 0.1) is 5.56 Å². The Kier molecular flexibility index (Phi) is 7.63. The van der Waals surface area contributed by atoms with Crippen molar-refractivity contribution in [2.24, 2.45) is 0 Å². The van der Waals surface area contributed by atoms with E-state index in [1.54, 1.807) is 36.7 Å². The number of aromatic carboxylic acids is 1. The number of anilines is 2. The van der Waals surface area contributed by atoms with Crippen molar-refractivity contribution in [1.29, 1.82) is 0 Å². The van der Waals surface area contributed by atoms with E-state index in [9.17, 15) is 13.6 Å². The van der Waals surface area contributed by atoms with Crippen molar-refractivity contribution < 1.29 is 23.4 Å². The Labute approximate surface area is 223 Å². The van der Waals surface area contributed by atoms with Crippen molar-refractivity contribution in [3.63, 3.8) is 0 Å². The number of aromatic nitrogens is 7. The molecule has 4 heterocycles. The Morgan fingerprint density at radius 3 is 2.59 bits per heavy atom. The molecule has 39 heavy (non-hydrogen) atoms. The highest BCUT2D eigenvalue weighted by atomic mass is 32.2. The highest BCUT2D eigenvalue weighted by molar-refractivity contribution is 7.99. The van der Waals surface area contributed by atoms with E-state index < -0.39 is 17.6 Å². The molecule has 5 aromatic rings. The van der Waals surface area contributed by atoms with Gasteiger partial charge in [0, 0.05) is 46.6 Å². The van der Waals surface area contributed by atoms with Crippen LogP contribution in [-0.2, 0) is 6.42 Å². The van der Waals surface area contributed by atoms with Gasteiger partial charge < -0.3 is 15.2 Å². The summed E-state index contributed by atoms with van der Waals surface area (Å²) in [4.78, 5) is 24.7. The van der Waals surface area contributed by atoms with Gasteiger partial charge >= 0.3 is 5.97 Å². The van der Waals surface area contributed by atoms with E-state index in [1.807, 2.05) is 0 Å². The zero-order valence-electron chi connectivity index (χ0n) is 19.9. The quantitative estimate of drug-likeness (QED) is 0.204. The molecule has 0 unspecified atom stereocenters. The fraction of sp³-hybridized carbons (Fsp3) is 0.0800. The SMILES string of the molecule is O=C(O)c1ccc(CCSc2cnc(Nc3ccc(-c4nn[nH]n4)cn3)c(Oc3ccc(F)c(F)c3)c2)nc1. The first-order chi connectivity index (χ1) is 18.9. The lowest BCUT2D eigenvalue weighted by Gasteiger charge is -2.13. The predicted molar refractivity (Wildman–Crippen MR) is 137 cm³/mol. The molecule has 3 N–H and O–H groups in total. The third-order valence-corrected chi connectivity index (χ3v) is 6.22. The number of nitrogens with one attached hydrogen (secondary N) is 2. The van der Waals surface area contributed by atoms with E-state index in [2.05, 4.69) is 40.9 Å². The lowest BCUT2D eigenvalue weighted by atomic mass is 10.2. The lowest BCUT2D eigenvalue weighted by molar-refractivity contribution is 0.0696. The molecule has 4 aromatic heterocycles. The molecule has 0 aliphatic rings. The molecule has 5 rings (SSSR count). The number of nitrogens with zero attached hydrogens (tertiary/aromatic N) is 6. The second-order valence-electron chi connectivity index (χ2n) is 7.93. The van der Waals surface area contributed by atoms with Gasteiger partial charge in [0.1, 0.15) is 11.6 Å². The van der Waals surface area contributed by atoms with Gasteiger partial charge in [-0.2, -0.15) is 5.21 Å². The maximum atomic E-state index is 13.8.